The Labute approximate surface area is 163 Å². The number of aromatic nitrogens is 1. The van der Waals surface area contributed by atoms with Crippen LogP contribution in [0.15, 0.2) is 54.7 Å². The summed E-state index contributed by atoms with van der Waals surface area (Å²) in [5.41, 5.74) is 2.85. The third kappa shape index (κ3) is 4.91. The van der Waals surface area contributed by atoms with E-state index >= 15 is 0 Å². The monoisotopic (exact) mass is 380 g/mol. The largest absolute Gasteiger partial charge is 0.497 e. The van der Waals surface area contributed by atoms with Gasteiger partial charge in [0.1, 0.15) is 5.75 Å². The number of hydrogen-bond donors (Lipinski definition) is 2. The third-order valence-corrected chi connectivity index (χ3v) is 4.52. The highest BCUT2D eigenvalue weighted by molar-refractivity contribution is 5.95. The highest BCUT2D eigenvalue weighted by Crippen LogP contribution is 2.20. The maximum Gasteiger partial charge on any atom is 0.306 e. The van der Waals surface area contributed by atoms with Crippen LogP contribution in [0.5, 0.6) is 5.75 Å². The van der Waals surface area contributed by atoms with E-state index in [1.165, 1.54) is 10.9 Å². The van der Waals surface area contributed by atoms with Crippen LogP contribution in [-0.4, -0.2) is 30.1 Å². The predicted molar refractivity (Wildman–Crippen MR) is 108 cm³/mol. The van der Waals surface area contributed by atoms with Gasteiger partial charge in [-0.3, -0.25) is 9.59 Å². The van der Waals surface area contributed by atoms with Crippen LogP contribution in [0.2, 0.25) is 0 Å². The number of carbonyl (C=O) groups excluding carboxylic acids is 2. The summed E-state index contributed by atoms with van der Waals surface area (Å²) in [7, 11) is 1.56. The maximum absolute atomic E-state index is 12.2. The van der Waals surface area contributed by atoms with Gasteiger partial charge in [0.05, 0.1) is 7.11 Å². The Kier molecular flexibility index (Phi) is 6.32. The summed E-state index contributed by atoms with van der Waals surface area (Å²) in [5.74, 6) is -0.119. The Morgan fingerprint density at radius 3 is 2.79 bits per heavy atom. The minimum atomic E-state index is -0.869. The average molecular weight is 380 g/mol. The van der Waals surface area contributed by atoms with E-state index in [-0.39, 0.29) is 18.3 Å². The Bertz CT molecular complexity index is 964. The Balaban J connectivity index is 1.45. The highest BCUT2D eigenvalue weighted by Gasteiger charge is 2.18. The molecule has 0 bridgehead atoms. The lowest BCUT2D eigenvalue weighted by molar-refractivity contribution is -0.153. The first kappa shape index (κ1) is 19.5. The molecule has 3 aromatic rings. The van der Waals surface area contributed by atoms with Crippen LogP contribution in [-0.2, 0) is 20.7 Å². The van der Waals surface area contributed by atoms with Gasteiger partial charge in [0.25, 0.3) is 5.91 Å². The molecule has 0 aliphatic heterocycles. The number of aryl methyl sites for hydroxylation is 1. The molecular formula is C22H24N2O4. The van der Waals surface area contributed by atoms with Crippen LogP contribution < -0.4 is 10.1 Å². The number of nitrogens with one attached hydrogen (secondary N) is 2. The second-order valence-electron chi connectivity index (χ2n) is 6.57. The van der Waals surface area contributed by atoms with Gasteiger partial charge in [-0.2, -0.15) is 0 Å². The number of carbonyl (C=O) groups is 2. The number of methoxy groups -OCH3 is 1. The molecule has 0 spiro atoms. The standard InChI is InChI=1S/C22H24N2O4/c1-15(22(26)24-17-8-6-9-18(13-17)27-2)28-21(25)12-5-7-16-14-23-20-11-4-3-10-19(16)20/h3-4,6,8-11,13-15,23H,5,7,12H2,1-2H3,(H,24,26)/t15-/m1/s1. The van der Waals surface area contributed by atoms with E-state index in [1.807, 2.05) is 24.4 Å². The molecular weight excluding hydrogens is 356 g/mol. The minimum Gasteiger partial charge on any atom is -0.497 e. The number of aromatic amines is 1. The SMILES string of the molecule is COc1cccc(NC(=O)[C@@H](C)OC(=O)CCCc2c[nH]c3ccccc23)c1. The number of benzene rings is 2. The normalized spacial score (nSPS) is 11.8. The van der Waals surface area contributed by atoms with Crippen LogP contribution >= 0.6 is 0 Å². The van der Waals surface area contributed by atoms with Crippen molar-refractivity contribution in [3.05, 3.63) is 60.3 Å². The molecule has 0 unspecified atom stereocenters. The number of hydrogen-bond acceptors (Lipinski definition) is 4. The van der Waals surface area contributed by atoms with Crippen molar-refractivity contribution in [2.45, 2.75) is 32.3 Å². The first-order valence-corrected chi connectivity index (χ1v) is 9.26. The van der Waals surface area contributed by atoms with Gasteiger partial charge in [-0.1, -0.05) is 24.3 Å². The summed E-state index contributed by atoms with van der Waals surface area (Å²) >= 11 is 0. The zero-order valence-electron chi connectivity index (χ0n) is 16.0. The number of anilines is 1. The summed E-state index contributed by atoms with van der Waals surface area (Å²) in [4.78, 5) is 27.5. The summed E-state index contributed by atoms with van der Waals surface area (Å²) in [6.45, 7) is 1.56. The second kappa shape index (κ2) is 9.08. The van der Waals surface area contributed by atoms with E-state index < -0.39 is 6.10 Å². The van der Waals surface area contributed by atoms with Crippen molar-refractivity contribution in [3.63, 3.8) is 0 Å². The molecule has 3 rings (SSSR count). The third-order valence-electron chi connectivity index (χ3n) is 4.52. The van der Waals surface area contributed by atoms with Gasteiger partial charge in [0.2, 0.25) is 0 Å². The minimum absolute atomic E-state index is 0.260. The van der Waals surface area contributed by atoms with Gasteiger partial charge in [0.15, 0.2) is 6.10 Å². The van der Waals surface area contributed by atoms with Gasteiger partial charge < -0.3 is 19.8 Å². The number of H-pyrrole nitrogens is 1. The average Bonchev–Trinajstić information content (AvgIpc) is 3.11. The van der Waals surface area contributed by atoms with Crippen molar-refractivity contribution >= 4 is 28.5 Å². The van der Waals surface area contributed by atoms with E-state index in [2.05, 4.69) is 16.4 Å². The molecule has 0 aliphatic carbocycles. The predicted octanol–water partition coefficient (Wildman–Crippen LogP) is 4.07. The number of rotatable bonds is 8. The molecule has 6 nitrogen and oxygen atoms in total. The zero-order valence-corrected chi connectivity index (χ0v) is 16.0. The van der Waals surface area contributed by atoms with Crippen LogP contribution in [0.4, 0.5) is 5.69 Å². The quantitative estimate of drug-likeness (QED) is 0.577. The number of amides is 1. The molecule has 1 aromatic heterocycles. The second-order valence-corrected chi connectivity index (χ2v) is 6.57. The van der Waals surface area contributed by atoms with Crippen molar-refractivity contribution in [2.24, 2.45) is 0 Å². The molecule has 0 saturated heterocycles. The van der Waals surface area contributed by atoms with Crippen molar-refractivity contribution in [1.29, 1.82) is 0 Å². The fraction of sp³-hybridized carbons (Fsp3) is 0.273. The summed E-state index contributed by atoms with van der Waals surface area (Å²) in [5, 5.41) is 3.89. The van der Waals surface area contributed by atoms with Crippen LogP contribution in [0, 0.1) is 0 Å². The van der Waals surface area contributed by atoms with E-state index in [0.29, 0.717) is 17.9 Å². The smallest absolute Gasteiger partial charge is 0.306 e. The lowest BCUT2D eigenvalue weighted by atomic mass is 10.1. The van der Waals surface area contributed by atoms with Gasteiger partial charge in [0, 0.05) is 35.3 Å². The summed E-state index contributed by atoms with van der Waals surface area (Å²) < 4.78 is 10.4. The first-order chi connectivity index (χ1) is 13.6. The molecule has 1 atom stereocenters. The maximum atomic E-state index is 12.2. The molecule has 0 radical (unpaired) electrons. The van der Waals surface area contributed by atoms with Crippen molar-refractivity contribution < 1.29 is 19.1 Å². The van der Waals surface area contributed by atoms with E-state index in [9.17, 15) is 9.59 Å². The van der Waals surface area contributed by atoms with Crippen LogP contribution in [0.3, 0.4) is 0 Å². The van der Waals surface area contributed by atoms with Gasteiger partial charge >= 0.3 is 5.97 Å². The van der Waals surface area contributed by atoms with Crippen molar-refractivity contribution in [2.75, 3.05) is 12.4 Å². The Morgan fingerprint density at radius 2 is 1.96 bits per heavy atom. The molecule has 146 valence electrons. The highest BCUT2D eigenvalue weighted by atomic mass is 16.5. The molecule has 0 aliphatic rings. The molecule has 0 fully saturated rings. The van der Waals surface area contributed by atoms with Crippen molar-refractivity contribution in [1.82, 2.24) is 4.98 Å². The van der Waals surface area contributed by atoms with Crippen LogP contribution in [0.1, 0.15) is 25.3 Å². The molecule has 2 aromatic carbocycles. The molecule has 2 N–H and O–H groups in total. The number of esters is 1. The molecule has 1 amide bonds. The molecule has 6 heteroatoms. The lowest BCUT2D eigenvalue weighted by Crippen LogP contribution is -2.29. The van der Waals surface area contributed by atoms with E-state index in [0.717, 1.165) is 11.9 Å². The zero-order chi connectivity index (χ0) is 19.9. The number of fused-ring (bicyclic) bond motifs is 1. The Morgan fingerprint density at radius 1 is 1.14 bits per heavy atom. The topological polar surface area (TPSA) is 80.4 Å². The fourth-order valence-corrected chi connectivity index (χ4v) is 3.02. The molecule has 1 heterocycles. The van der Waals surface area contributed by atoms with E-state index in [1.54, 1.807) is 38.3 Å². The van der Waals surface area contributed by atoms with Crippen LogP contribution in [0.25, 0.3) is 10.9 Å². The lowest BCUT2D eigenvalue weighted by Gasteiger charge is -2.14. The number of ether oxygens (including phenoxy) is 2. The molecule has 0 saturated carbocycles. The number of para-hydroxylation sites is 1. The van der Waals surface area contributed by atoms with Crippen molar-refractivity contribution in [3.8, 4) is 5.75 Å². The van der Waals surface area contributed by atoms with Gasteiger partial charge in [-0.25, -0.2) is 0 Å². The van der Waals surface area contributed by atoms with Gasteiger partial charge in [-0.15, -0.1) is 0 Å². The first-order valence-electron chi connectivity index (χ1n) is 9.26. The Hall–Kier alpha value is -3.28. The van der Waals surface area contributed by atoms with Gasteiger partial charge in [-0.05, 0) is 43.5 Å². The fourth-order valence-electron chi connectivity index (χ4n) is 3.02. The molecule has 28 heavy (non-hydrogen) atoms. The summed E-state index contributed by atoms with van der Waals surface area (Å²) in [6, 6.07) is 15.1. The summed E-state index contributed by atoms with van der Waals surface area (Å²) in [6.07, 6.45) is 2.79. The van der Waals surface area contributed by atoms with E-state index in [4.69, 9.17) is 9.47 Å².